The van der Waals surface area contributed by atoms with E-state index in [9.17, 15) is 4.79 Å². The summed E-state index contributed by atoms with van der Waals surface area (Å²) in [5.74, 6) is -0.230. The molecule has 1 amide bonds. The van der Waals surface area contributed by atoms with E-state index in [1.165, 1.54) is 12.4 Å². The first kappa shape index (κ1) is 12.9. The van der Waals surface area contributed by atoms with Gasteiger partial charge in [-0.3, -0.25) is 4.79 Å². The number of halogens is 1. The minimum Gasteiger partial charge on any atom is -0.348 e. The molecule has 88 valence electrons. The van der Waals surface area contributed by atoms with Gasteiger partial charge < -0.3 is 5.32 Å². The van der Waals surface area contributed by atoms with E-state index in [0.717, 1.165) is 0 Å². The Morgan fingerprint density at radius 1 is 1.38 bits per heavy atom. The molecule has 5 heteroatoms. The lowest BCUT2D eigenvalue weighted by Gasteiger charge is -2.27. The van der Waals surface area contributed by atoms with Crippen molar-refractivity contribution in [3.63, 3.8) is 0 Å². The molecule has 1 unspecified atom stereocenters. The van der Waals surface area contributed by atoms with Gasteiger partial charge in [-0.05, 0) is 12.3 Å². The minimum atomic E-state index is -0.230. The van der Waals surface area contributed by atoms with Crippen LogP contribution in [0.4, 0.5) is 0 Å². The Balaban J connectivity index is 2.70. The van der Waals surface area contributed by atoms with Crippen molar-refractivity contribution in [1.82, 2.24) is 15.3 Å². The molecule has 0 saturated carbocycles. The van der Waals surface area contributed by atoms with Crippen LogP contribution in [0.3, 0.4) is 0 Å². The largest absolute Gasteiger partial charge is 0.348 e. The third kappa shape index (κ3) is 3.45. The average molecular weight is 242 g/mol. The molecule has 1 rings (SSSR count). The van der Waals surface area contributed by atoms with Gasteiger partial charge in [0.25, 0.3) is 5.91 Å². The predicted molar refractivity (Wildman–Crippen MR) is 63.4 cm³/mol. The van der Waals surface area contributed by atoms with Gasteiger partial charge in [0.2, 0.25) is 0 Å². The van der Waals surface area contributed by atoms with E-state index < -0.39 is 0 Å². The molecule has 4 nitrogen and oxygen atoms in total. The molecule has 0 aromatic carbocycles. The van der Waals surface area contributed by atoms with Gasteiger partial charge in [-0.15, -0.1) is 0 Å². The normalized spacial score (nSPS) is 13.3. The Morgan fingerprint density at radius 2 is 2.00 bits per heavy atom. The number of nitrogens with zero attached hydrogens (tertiary/aromatic N) is 2. The summed E-state index contributed by atoms with van der Waals surface area (Å²) in [6.45, 7) is 8.14. The molecule has 16 heavy (non-hydrogen) atoms. The van der Waals surface area contributed by atoms with E-state index in [1.54, 1.807) is 0 Å². The van der Waals surface area contributed by atoms with Gasteiger partial charge in [0.15, 0.2) is 0 Å². The molecule has 0 fully saturated rings. The summed E-state index contributed by atoms with van der Waals surface area (Å²) in [4.78, 5) is 19.5. The molecule has 1 aromatic heterocycles. The molecule has 0 saturated heterocycles. The average Bonchev–Trinajstić information content (AvgIpc) is 2.17. The van der Waals surface area contributed by atoms with Gasteiger partial charge in [-0.2, -0.15) is 0 Å². The molecule has 1 aromatic rings. The van der Waals surface area contributed by atoms with Crippen molar-refractivity contribution < 1.29 is 4.79 Å². The third-order valence-corrected chi connectivity index (χ3v) is 2.69. The van der Waals surface area contributed by atoms with Crippen LogP contribution in [0.5, 0.6) is 0 Å². The van der Waals surface area contributed by atoms with Crippen molar-refractivity contribution in [2.24, 2.45) is 5.41 Å². The molecule has 0 aliphatic carbocycles. The van der Waals surface area contributed by atoms with Gasteiger partial charge in [0.05, 0.1) is 12.4 Å². The monoisotopic (exact) mass is 241 g/mol. The number of carbonyl (C=O) groups is 1. The second-order valence-electron chi connectivity index (χ2n) is 4.79. The third-order valence-electron chi connectivity index (χ3n) is 2.50. The number of carbonyl (C=O) groups excluding carboxylic acids is 1. The standard InChI is InChI=1S/C11H16ClN3O/c1-7(11(2,3)4)15-10(16)8-5-14-9(12)6-13-8/h5-7H,1-4H3,(H,15,16). The van der Waals surface area contributed by atoms with Crippen molar-refractivity contribution in [3.05, 3.63) is 23.2 Å². The first-order chi connectivity index (χ1) is 7.30. The van der Waals surface area contributed by atoms with Gasteiger partial charge in [0.1, 0.15) is 10.8 Å². The number of hydrogen-bond donors (Lipinski definition) is 1. The summed E-state index contributed by atoms with van der Waals surface area (Å²) in [5.41, 5.74) is 0.288. The molecular weight excluding hydrogens is 226 g/mol. The van der Waals surface area contributed by atoms with Crippen molar-refractivity contribution in [3.8, 4) is 0 Å². The summed E-state index contributed by atoms with van der Waals surface area (Å²) in [6.07, 6.45) is 2.73. The Bertz CT molecular complexity index is 370. The number of amides is 1. The van der Waals surface area contributed by atoms with Crippen molar-refractivity contribution >= 4 is 17.5 Å². The van der Waals surface area contributed by atoms with Gasteiger partial charge in [-0.1, -0.05) is 32.4 Å². The zero-order chi connectivity index (χ0) is 12.3. The lowest BCUT2D eigenvalue weighted by Crippen LogP contribution is -2.41. The maximum Gasteiger partial charge on any atom is 0.271 e. The first-order valence-corrected chi connectivity index (χ1v) is 5.47. The topological polar surface area (TPSA) is 54.9 Å². The SMILES string of the molecule is CC(NC(=O)c1cnc(Cl)cn1)C(C)(C)C. The second kappa shape index (κ2) is 4.78. The van der Waals surface area contributed by atoms with Gasteiger partial charge in [0, 0.05) is 6.04 Å². The Morgan fingerprint density at radius 3 is 2.44 bits per heavy atom. The van der Waals surface area contributed by atoms with Crippen molar-refractivity contribution in [2.45, 2.75) is 33.7 Å². The molecular formula is C11H16ClN3O. The van der Waals surface area contributed by atoms with Gasteiger partial charge >= 0.3 is 0 Å². The second-order valence-corrected chi connectivity index (χ2v) is 5.17. The number of hydrogen-bond acceptors (Lipinski definition) is 3. The summed E-state index contributed by atoms with van der Waals surface area (Å²) in [7, 11) is 0. The van der Waals surface area contributed by atoms with Crippen LogP contribution >= 0.6 is 11.6 Å². The fourth-order valence-electron chi connectivity index (χ4n) is 0.917. The van der Waals surface area contributed by atoms with E-state index in [4.69, 9.17) is 11.6 Å². The molecule has 0 spiro atoms. The lowest BCUT2D eigenvalue weighted by molar-refractivity contribution is 0.0904. The highest BCUT2D eigenvalue weighted by atomic mass is 35.5. The van der Waals surface area contributed by atoms with Crippen LogP contribution in [0.15, 0.2) is 12.4 Å². The molecule has 1 heterocycles. The van der Waals surface area contributed by atoms with E-state index in [1.807, 2.05) is 6.92 Å². The minimum absolute atomic E-state index is 0.00944. The summed E-state index contributed by atoms with van der Waals surface area (Å²) < 4.78 is 0. The van der Waals surface area contributed by atoms with E-state index in [-0.39, 0.29) is 28.2 Å². The highest BCUT2D eigenvalue weighted by Gasteiger charge is 2.22. The van der Waals surface area contributed by atoms with E-state index in [2.05, 4.69) is 36.1 Å². The summed E-state index contributed by atoms with van der Waals surface area (Å²) in [5, 5.41) is 3.15. The molecule has 0 radical (unpaired) electrons. The van der Waals surface area contributed by atoms with Crippen LogP contribution in [-0.4, -0.2) is 21.9 Å². The number of nitrogens with one attached hydrogen (secondary N) is 1. The summed E-state index contributed by atoms with van der Waals surface area (Å²) in [6, 6.07) is 0.0532. The molecule has 0 bridgehead atoms. The maximum atomic E-state index is 11.8. The van der Waals surface area contributed by atoms with Crippen LogP contribution < -0.4 is 5.32 Å². The zero-order valence-corrected chi connectivity index (χ0v) is 10.7. The highest BCUT2D eigenvalue weighted by molar-refractivity contribution is 6.29. The smallest absolute Gasteiger partial charge is 0.271 e. The fourth-order valence-corrected chi connectivity index (χ4v) is 1.01. The van der Waals surface area contributed by atoms with Gasteiger partial charge in [-0.25, -0.2) is 9.97 Å². The highest BCUT2D eigenvalue weighted by Crippen LogP contribution is 2.18. The van der Waals surface area contributed by atoms with Crippen molar-refractivity contribution in [1.29, 1.82) is 0 Å². The molecule has 0 aliphatic rings. The zero-order valence-electron chi connectivity index (χ0n) is 9.91. The molecule has 1 atom stereocenters. The quantitative estimate of drug-likeness (QED) is 0.865. The van der Waals surface area contributed by atoms with Crippen LogP contribution in [0, 0.1) is 5.41 Å². The molecule has 1 N–H and O–H groups in total. The van der Waals surface area contributed by atoms with Crippen molar-refractivity contribution in [2.75, 3.05) is 0 Å². The number of rotatable bonds is 2. The predicted octanol–water partition coefficient (Wildman–Crippen LogP) is 2.29. The molecule has 0 aliphatic heterocycles. The summed E-state index contributed by atoms with van der Waals surface area (Å²) >= 11 is 5.59. The first-order valence-electron chi connectivity index (χ1n) is 5.09. The fraction of sp³-hybridized carbons (Fsp3) is 0.545. The Kier molecular flexibility index (Phi) is 3.86. The van der Waals surface area contributed by atoms with E-state index >= 15 is 0 Å². The van der Waals surface area contributed by atoms with Crippen LogP contribution in [-0.2, 0) is 0 Å². The van der Waals surface area contributed by atoms with Crippen LogP contribution in [0.1, 0.15) is 38.2 Å². The maximum absolute atomic E-state index is 11.8. The Hall–Kier alpha value is -1.16. The van der Waals surface area contributed by atoms with Crippen LogP contribution in [0.25, 0.3) is 0 Å². The Labute approximate surface area is 100 Å². The van der Waals surface area contributed by atoms with E-state index in [0.29, 0.717) is 0 Å². The lowest BCUT2D eigenvalue weighted by atomic mass is 9.88. The van der Waals surface area contributed by atoms with Crippen LogP contribution in [0.2, 0.25) is 5.15 Å². The number of aromatic nitrogens is 2.